The first-order valence-corrected chi connectivity index (χ1v) is 14.5. The van der Waals surface area contributed by atoms with Crippen molar-refractivity contribution in [2.45, 2.75) is 59.4 Å². The lowest BCUT2D eigenvalue weighted by molar-refractivity contribution is 0.103. The molecule has 0 unspecified atom stereocenters. The summed E-state index contributed by atoms with van der Waals surface area (Å²) >= 11 is 12.4. The van der Waals surface area contributed by atoms with Crippen LogP contribution in [0, 0.1) is 10.8 Å². The van der Waals surface area contributed by atoms with Gasteiger partial charge in [-0.05, 0) is 65.6 Å². The third-order valence-corrected chi connectivity index (χ3v) is 8.61. The van der Waals surface area contributed by atoms with Crippen molar-refractivity contribution in [3.63, 3.8) is 0 Å². The van der Waals surface area contributed by atoms with Gasteiger partial charge in [-0.3, -0.25) is 4.79 Å². The zero-order valence-corrected chi connectivity index (χ0v) is 23.8. The highest BCUT2D eigenvalue weighted by Crippen LogP contribution is 2.35. The van der Waals surface area contributed by atoms with Gasteiger partial charge in [0.2, 0.25) is 0 Å². The van der Waals surface area contributed by atoms with Gasteiger partial charge >= 0.3 is 0 Å². The Balaban J connectivity index is 2.07. The normalized spacial score (nSPS) is 13.9. The molecule has 36 heavy (non-hydrogen) atoms. The van der Waals surface area contributed by atoms with Crippen LogP contribution in [-0.2, 0) is 16.0 Å². The Bertz CT molecular complexity index is 1360. The minimum absolute atomic E-state index is 0.0379. The highest BCUT2D eigenvalue weighted by molar-refractivity contribution is 8.10. The van der Waals surface area contributed by atoms with Crippen LogP contribution in [0.4, 0.5) is 0 Å². The molecule has 9 heteroatoms. The lowest BCUT2D eigenvalue weighted by Crippen LogP contribution is -2.41. The van der Waals surface area contributed by atoms with E-state index >= 15 is 0 Å². The average molecular weight is 554 g/mol. The highest BCUT2D eigenvalue weighted by Gasteiger charge is 2.40. The molecule has 2 aromatic carbocycles. The lowest BCUT2D eigenvalue weighted by atomic mass is 9.87. The van der Waals surface area contributed by atoms with Crippen molar-refractivity contribution in [2.24, 2.45) is 10.8 Å². The number of aromatic nitrogens is 2. The van der Waals surface area contributed by atoms with E-state index in [1.54, 1.807) is 55.7 Å². The number of hydrogen-bond acceptors (Lipinski definition) is 3. The Morgan fingerprint density at radius 2 is 1.67 bits per heavy atom. The van der Waals surface area contributed by atoms with Crippen LogP contribution >= 0.6 is 23.2 Å². The minimum Gasteiger partial charge on any atom is -0.305 e. The molecule has 0 aliphatic heterocycles. The maximum Gasteiger partial charge on any atom is 0.194 e. The second kappa shape index (κ2) is 9.69. The minimum atomic E-state index is -5.14. The summed E-state index contributed by atoms with van der Waals surface area (Å²) in [6.45, 7) is 11.7. The number of rotatable bonds is 7. The molecule has 0 radical (unpaired) electrons. The van der Waals surface area contributed by atoms with Crippen LogP contribution in [0.1, 0.15) is 69.4 Å². The number of carbonyl (C=O) groups excluding carboxylic acids is 1. The van der Waals surface area contributed by atoms with Crippen LogP contribution in [0.15, 0.2) is 53.9 Å². The van der Waals surface area contributed by atoms with Crippen LogP contribution in [0.2, 0.25) is 10.0 Å². The maximum atomic E-state index is 13.3. The van der Waals surface area contributed by atoms with E-state index in [-0.39, 0.29) is 22.0 Å². The van der Waals surface area contributed by atoms with E-state index < -0.39 is 15.0 Å². The van der Waals surface area contributed by atoms with Crippen LogP contribution in [0.3, 0.4) is 0 Å². The molecule has 3 rings (SSSR count). The standard InChI is InChI=1S/C27H34Cl2N2O4S/c1-26(2,3)12-11-18-13-19(25(32)21-14-20(28)8-9-22(21)29)7-10-23(18)31-15-24(30-17-31)36(33,34,35)16-27(4,5)6/h7-10,13-15,17H,11-12,16H2,1-6H3,(H2,33,34,35). The fraction of sp³-hybridized carbons (Fsp3) is 0.407. The fourth-order valence-corrected chi connectivity index (χ4v) is 6.69. The van der Waals surface area contributed by atoms with Crippen LogP contribution in [0.5, 0.6) is 0 Å². The molecule has 0 bridgehead atoms. The molecular weight excluding hydrogens is 519 g/mol. The zero-order valence-electron chi connectivity index (χ0n) is 21.5. The smallest absolute Gasteiger partial charge is 0.194 e. The molecule has 0 fully saturated rings. The zero-order chi connectivity index (χ0) is 27.1. The number of nitrogens with zero attached hydrogens (tertiary/aromatic N) is 2. The van der Waals surface area contributed by atoms with Gasteiger partial charge in [0, 0.05) is 28.0 Å². The summed E-state index contributed by atoms with van der Waals surface area (Å²) in [5.74, 6) is -0.595. The van der Waals surface area contributed by atoms with Crippen molar-refractivity contribution in [1.82, 2.24) is 9.55 Å². The molecular formula is C27H34Cl2N2O4S. The summed E-state index contributed by atoms with van der Waals surface area (Å²) in [6.07, 6.45) is 4.27. The highest BCUT2D eigenvalue weighted by atomic mass is 35.5. The molecule has 1 heterocycles. The molecule has 0 spiro atoms. The topological polar surface area (TPSA) is 92.4 Å². The molecule has 0 aliphatic rings. The number of ketones is 1. The first-order valence-electron chi connectivity index (χ1n) is 11.7. The van der Waals surface area contributed by atoms with E-state index in [0.717, 1.165) is 12.0 Å². The number of halogens is 2. The van der Waals surface area contributed by atoms with Gasteiger partial charge in [0.05, 0.1) is 10.8 Å². The summed E-state index contributed by atoms with van der Waals surface area (Å²) in [6, 6.07) is 10.0. The molecule has 3 aromatic rings. The summed E-state index contributed by atoms with van der Waals surface area (Å²) in [7, 11) is -5.14. The maximum absolute atomic E-state index is 13.3. The lowest BCUT2D eigenvalue weighted by Gasteiger charge is -2.34. The van der Waals surface area contributed by atoms with Crippen LogP contribution in [0.25, 0.3) is 5.69 Å². The first-order chi connectivity index (χ1) is 16.3. The second-order valence-corrected chi connectivity index (χ2v) is 15.3. The summed E-state index contributed by atoms with van der Waals surface area (Å²) in [4.78, 5) is 17.4. The molecule has 6 nitrogen and oxygen atoms in total. The van der Waals surface area contributed by atoms with Crippen molar-refractivity contribution in [3.05, 3.63) is 75.7 Å². The van der Waals surface area contributed by atoms with Gasteiger partial charge in [-0.25, -0.2) is 9.19 Å². The Morgan fingerprint density at radius 3 is 2.28 bits per heavy atom. The second-order valence-electron chi connectivity index (χ2n) is 11.7. The van der Waals surface area contributed by atoms with E-state index in [1.165, 1.54) is 12.5 Å². The van der Waals surface area contributed by atoms with Crippen molar-refractivity contribution in [3.8, 4) is 5.69 Å². The van der Waals surface area contributed by atoms with Crippen molar-refractivity contribution in [2.75, 3.05) is 5.75 Å². The van der Waals surface area contributed by atoms with Gasteiger partial charge in [0.25, 0.3) is 0 Å². The monoisotopic (exact) mass is 552 g/mol. The first kappa shape index (κ1) is 28.5. The average Bonchev–Trinajstić information content (AvgIpc) is 3.22. The SMILES string of the molecule is CC(C)(C)CCc1cc(C(=O)c2cc(Cl)ccc2Cl)ccc1-n1cnc(S(=O)(O)(O)CC(C)(C)C)c1. The number of aryl methyl sites for hydroxylation is 1. The Morgan fingerprint density at radius 1 is 1.00 bits per heavy atom. The van der Waals surface area contributed by atoms with E-state index in [9.17, 15) is 18.1 Å². The Kier molecular flexibility index (Phi) is 7.68. The van der Waals surface area contributed by atoms with E-state index in [2.05, 4.69) is 25.8 Å². The Labute approximate surface area is 223 Å². The van der Waals surface area contributed by atoms with Crippen molar-refractivity contribution >= 4 is 38.6 Å². The van der Waals surface area contributed by atoms with Crippen molar-refractivity contribution < 1.29 is 18.1 Å². The van der Waals surface area contributed by atoms with Gasteiger partial charge in [0.15, 0.2) is 10.8 Å². The molecule has 0 saturated heterocycles. The van der Waals surface area contributed by atoms with Crippen LogP contribution in [-0.4, -0.2) is 34.4 Å². The summed E-state index contributed by atoms with van der Waals surface area (Å²) in [5, 5.41) is 0.448. The third-order valence-electron chi connectivity index (χ3n) is 5.61. The van der Waals surface area contributed by atoms with Crippen LogP contribution < -0.4 is 0 Å². The van der Waals surface area contributed by atoms with E-state index in [4.69, 9.17) is 23.2 Å². The number of carbonyl (C=O) groups is 1. The van der Waals surface area contributed by atoms with Gasteiger partial charge in [-0.15, -0.1) is 0 Å². The number of imidazole rings is 1. The van der Waals surface area contributed by atoms with Gasteiger partial charge < -0.3 is 13.7 Å². The van der Waals surface area contributed by atoms with Gasteiger partial charge in [-0.2, -0.15) is 0 Å². The molecule has 0 atom stereocenters. The number of benzene rings is 2. The number of hydrogen-bond donors (Lipinski definition) is 2. The van der Waals surface area contributed by atoms with Gasteiger partial charge in [-0.1, -0.05) is 64.7 Å². The largest absolute Gasteiger partial charge is 0.305 e. The molecule has 2 N–H and O–H groups in total. The summed E-state index contributed by atoms with van der Waals surface area (Å²) in [5.41, 5.74) is 1.76. The predicted octanol–water partition coefficient (Wildman–Crippen LogP) is 7.56. The molecule has 0 amide bonds. The molecule has 1 aromatic heterocycles. The Hall–Kier alpha value is -2.03. The van der Waals surface area contributed by atoms with Crippen molar-refractivity contribution in [1.29, 1.82) is 0 Å². The molecule has 0 aliphatic carbocycles. The fourth-order valence-electron chi connectivity index (χ4n) is 4.02. The molecule has 196 valence electrons. The van der Waals surface area contributed by atoms with E-state index in [1.807, 2.05) is 6.07 Å². The van der Waals surface area contributed by atoms with E-state index in [0.29, 0.717) is 33.3 Å². The third kappa shape index (κ3) is 7.05. The quantitative estimate of drug-likeness (QED) is 0.295. The predicted molar refractivity (Wildman–Crippen MR) is 147 cm³/mol. The summed E-state index contributed by atoms with van der Waals surface area (Å²) < 4.78 is 36.1. The molecule has 0 saturated carbocycles. The van der Waals surface area contributed by atoms with Gasteiger partial charge in [0.1, 0.15) is 16.0 Å².